The van der Waals surface area contributed by atoms with Crippen LogP contribution in [0.1, 0.15) is 5.69 Å². The van der Waals surface area contributed by atoms with Gasteiger partial charge >= 0.3 is 6.36 Å². The van der Waals surface area contributed by atoms with Crippen LogP contribution in [-0.2, 0) is 6.54 Å². The maximum atomic E-state index is 12.0. The largest absolute Gasteiger partial charge is 0.573 e. The second-order valence-corrected chi connectivity index (χ2v) is 3.89. The van der Waals surface area contributed by atoms with Crippen LogP contribution < -0.4 is 15.8 Å². The number of hydrogen-bond donors (Lipinski definition) is 2. The molecule has 0 aliphatic carbocycles. The predicted molar refractivity (Wildman–Crippen MR) is 84.0 cm³/mol. The van der Waals surface area contributed by atoms with E-state index in [0.717, 1.165) is 0 Å². The Kier molecular flexibility index (Phi) is 6.46. The lowest BCUT2D eigenvalue weighted by Crippen LogP contribution is -2.22. The minimum absolute atomic E-state index is 0. The molecule has 1 aromatic carbocycles. The van der Waals surface area contributed by atoms with Gasteiger partial charge in [0.2, 0.25) is 0 Å². The van der Waals surface area contributed by atoms with Gasteiger partial charge in [0.25, 0.3) is 0 Å². The lowest BCUT2D eigenvalue weighted by atomic mass is 10.3. The maximum absolute atomic E-state index is 12.0. The molecule has 0 saturated carbocycles. The van der Waals surface area contributed by atoms with Crippen molar-refractivity contribution in [3.05, 3.63) is 42.3 Å². The highest BCUT2D eigenvalue weighted by atomic mass is 127. The summed E-state index contributed by atoms with van der Waals surface area (Å²) in [6.07, 6.45) is -3.30. The summed E-state index contributed by atoms with van der Waals surface area (Å²) >= 11 is 0. The molecule has 6 nitrogen and oxygen atoms in total. The Morgan fingerprint density at radius 2 is 1.95 bits per heavy atom. The summed E-state index contributed by atoms with van der Waals surface area (Å²) in [5.74, 6) is -0.214. The smallest absolute Gasteiger partial charge is 0.406 e. The highest BCUT2D eigenvalue weighted by Gasteiger charge is 2.30. The Morgan fingerprint density at radius 1 is 1.27 bits per heavy atom. The monoisotopic (exact) mass is 428 g/mol. The van der Waals surface area contributed by atoms with Gasteiger partial charge < -0.3 is 20.3 Å². The Hall–Kier alpha value is -1.98. The molecular weight excluding hydrogens is 416 g/mol. The summed E-state index contributed by atoms with van der Waals surface area (Å²) in [6, 6.07) is 6.75. The van der Waals surface area contributed by atoms with E-state index in [0.29, 0.717) is 11.4 Å². The zero-order chi connectivity index (χ0) is 15.3. The van der Waals surface area contributed by atoms with Crippen molar-refractivity contribution in [1.82, 2.24) is 5.16 Å². The van der Waals surface area contributed by atoms with Crippen molar-refractivity contribution in [3.8, 4) is 5.75 Å². The molecular formula is C12H12F3IN4O2. The van der Waals surface area contributed by atoms with Crippen LogP contribution >= 0.6 is 24.0 Å². The molecule has 0 aliphatic heterocycles. The standard InChI is InChI=1S/C12H11F3N4O2.HI/c13-12(14,15)21-10-3-1-8(2-4-10)18-11(16)17-7-9-5-6-20-19-9;/h1-6H,7H2,(H3,16,17,18);1H. The molecule has 120 valence electrons. The minimum Gasteiger partial charge on any atom is -0.406 e. The molecule has 1 aromatic heterocycles. The normalized spacial score (nSPS) is 11.7. The number of anilines is 1. The summed E-state index contributed by atoms with van der Waals surface area (Å²) in [7, 11) is 0. The summed E-state index contributed by atoms with van der Waals surface area (Å²) in [5, 5.41) is 6.38. The van der Waals surface area contributed by atoms with E-state index in [-0.39, 0.29) is 42.2 Å². The number of nitrogens with zero attached hydrogens (tertiary/aromatic N) is 2. The van der Waals surface area contributed by atoms with Crippen LogP contribution in [0.4, 0.5) is 18.9 Å². The van der Waals surface area contributed by atoms with Gasteiger partial charge in [-0.2, -0.15) is 0 Å². The Morgan fingerprint density at radius 3 is 2.50 bits per heavy atom. The van der Waals surface area contributed by atoms with Gasteiger partial charge in [-0.25, -0.2) is 4.99 Å². The van der Waals surface area contributed by atoms with E-state index in [1.807, 2.05) is 0 Å². The fourth-order valence-corrected chi connectivity index (χ4v) is 1.41. The zero-order valence-electron chi connectivity index (χ0n) is 11.0. The van der Waals surface area contributed by atoms with Crippen molar-refractivity contribution in [2.75, 3.05) is 5.32 Å². The molecule has 0 saturated heterocycles. The Labute approximate surface area is 140 Å². The lowest BCUT2D eigenvalue weighted by Gasteiger charge is -2.10. The van der Waals surface area contributed by atoms with Crippen LogP contribution in [-0.4, -0.2) is 17.5 Å². The van der Waals surface area contributed by atoms with E-state index >= 15 is 0 Å². The second kappa shape index (κ2) is 7.87. The first-order chi connectivity index (χ1) is 9.92. The first-order valence-electron chi connectivity index (χ1n) is 5.74. The van der Waals surface area contributed by atoms with Crippen molar-refractivity contribution in [1.29, 1.82) is 0 Å². The van der Waals surface area contributed by atoms with Crippen molar-refractivity contribution in [2.45, 2.75) is 12.9 Å². The van der Waals surface area contributed by atoms with Gasteiger partial charge in [-0.1, -0.05) is 5.16 Å². The molecule has 0 unspecified atom stereocenters. The number of nitrogens with one attached hydrogen (secondary N) is 1. The van der Waals surface area contributed by atoms with Crippen molar-refractivity contribution in [3.63, 3.8) is 0 Å². The summed E-state index contributed by atoms with van der Waals surface area (Å²) < 4.78 is 44.4. The summed E-state index contributed by atoms with van der Waals surface area (Å²) in [5.41, 5.74) is 6.71. The van der Waals surface area contributed by atoms with Gasteiger partial charge in [-0.15, -0.1) is 37.1 Å². The number of halogens is 4. The third-order valence-corrected chi connectivity index (χ3v) is 2.26. The van der Waals surface area contributed by atoms with Gasteiger partial charge in [0.15, 0.2) is 5.96 Å². The van der Waals surface area contributed by atoms with Gasteiger partial charge in [0, 0.05) is 11.8 Å². The molecule has 2 rings (SSSR count). The molecule has 3 N–H and O–H groups in total. The first kappa shape index (κ1) is 18.1. The molecule has 0 amide bonds. The van der Waals surface area contributed by atoms with Crippen LogP contribution in [0, 0.1) is 0 Å². The summed E-state index contributed by atoms with van der Waals surface area (Å²) in [4.78, 5) is 3.99. The zero-order valence-corrected chi connectivity index (χ0v) is 13.3. The fourth-order valence-electron chi connectivity index (χ4n) is 1.41. The molecule has 22 heavy (non-hydrogen) atoms. The maximum Gasteiger partial charge on any atom is 0.573 e. The molecule has 10 heteroatoms. The number of guanidine groups is 1. The molecule has 0 atom stereocenters. The highest BCUT2D eigenvalue weighted by Crippen LogP contribution is 2.23. The molecule has 2 aromatic rings. The van der Waals surface area contributed by atoms with Crippen LogP contribution in [0.15, 0.2) is 46.1 Å². The van der Waals surface area contributed by atoms with E-state index in [4.69, 9.17) is 5.73 Å². The fraction of sp³-hybridized carbons (Fsp3) is 0.167. The first-order valence-corrected chi connectivity index (χ1v) is 5.74. The van der Waals surface area contributed by atoms with E-state index in [9.17, 15) is 13.2 Å². The second-order valence-electron chi connectivity index (χ2n) is 3.89. The van der Waals surface area contributed by atoms with Crippen molar-refractivity contribution >= 4 is 35.6 Å². The molecule has 0 fully saturated rings. The number of rotatable bonds is 4. The number of aromatic nitrogens is 1. The highest BCUT2D eigenvalue weighted by molar-refractivity contribution is 14.0. The van der Waals surface area contributed by atoms with Crippen molar-refractivity contribution in [2.24, 2.45) is 10.7 Å². The molecule has 0 spiro atoms. The van der Waals surface area contributed by atoms with E-state index in [2.05, 4.69) is 24.7 Å². The number of nitrogens with two attached hydrogens (primary N) is 1. The van der Waals surface area contributed by atoms with E-state index in [1.165, 1.54) is 30.5 Å². The van der Waals surface area contributed by atoms with Gasteiger partial charge in [-0.05, 0) is 24.3 Å². The third-order valence-electron chi connectivity index (χ3n) is 2.26. The van der Waals surface area contributed by atoms with Gasteiger partial charge in [-0.3, -0.25) is 0 Å². The number of ether oxygens (including phenoxy) is 1. The van der Waals surface area contributed by atoms with Gasteiger partial charge in [0.05, 0.1) is 6.54 Å². The topological polar surface area (TPSA) is 85.7 Å². The molecule has 0 radical (unpaired) electrons. The van der Waals surface area contributed by atoms with E-state index in [1.54, 1.807) is 6.07 Å². The van der Waals surface area contributed by atoms with Crippen LogP contribution in [0.25, 0.3) is 0 Å². The number of hydrogen-bond acceptors (Lipinski definition) is 4. The minimum atomic E-state index is -4.72. The average molecular weight is 428 g/mol. The Balaban J connectivity index is 0.00000242. The van der Waals surface area contributed by atoms with Crippen LogP contribution in [0.3, 0.4) is 0 Å². The molecule has 0 aliphatic rings. The average Bonchev–Trinajstić information content (AvgIpc) is 2.90. The van der Waals surface area contributed by atoms with Crippen LogP contribution in [0.2, 0.25) is 0 Å². The molecule has 0 bridgehead atoms. The lowest BCUT2D eigenvalue weighted by molar-refractivity contribution is -0.274. The Bertz CT molecular complexity index is 600. The third kappa shape index (κ3) is 6.20. The predicted octanol–water partition coefficient (Wildman–Crippen LogP) is 3.12. The van der Waals surface area contributed by atoms with E-state index < -0.39 is 6.36 Å². The van der Waals surface area contributed by atoms with Crippen LogP contribution in [0.5, 0.6) is 5.75 Å². The summed E-state index contributed by atoms with van der Waals surface area (Å²) in [6.45, 7) is 0.227. The van der Waals surface area contributed by atoms with Gasteiger partial charge in [0.1, 0.15) is 17.7 Å². The number of benzene rings is 1. The molecule has 1 heterocycles. The number of aliphatic imine (C=N–C) groups is 1. The SMILES string of the molecule is I.NC(=NCc1ccon1)Nc1ccc(OC(F)(F)F)cc1. The number of alkyl halides is 3. The van der Waals surface area contributed by atoms with Crippen molar-refractivity contribution < 1.29 is 22.4 Å². The quantitative estimate of drug-likeness (QED) is 0.444.